The fourth-order valence-electron chi connectivity index (χ4n) is 5.14. The Morgan fingerprint density at radius 2 is 1.72 bits per heavy atom. The minimum absolute atomic E-state index is 0.0455. The van der Waals surface area contributed by atoms with Crippen LogP contribution in [0.5, 0.6) is 0 Å². The van der Waals surface area contributed by atoms with Gasteiger partial charge in [-0.15, -0.1) is 10.2 Å². The quantitative estimate of drug-likeness (QED) is 0.171. The van der Waals surface area contributed by atoms with Gasteiger partial charge < -0.3 is 20.6 Å². The molecule has 2 atom stereocenters. The standard InChI is InChI=1S/C23H35F3N4O.C8H15NO.C3H8.C2H6/c1-9-17(28-12-11-23(24,25)26)13-18(19(27-10-2)14-21(4,5)6)22(7,8)15-20-30-29-16(3)31-20;9-6-1-2-8(3-4-8)7(10)5-6;1-3-2;1-2/h9-10,13,28H,1,11-12,14-15H2,2-8H3;6-7,10H,1-5,9H2;3H2,1-2H3;1-2H3/b17-13+,19-18-,27-10?;;;. The third-order valence-electron chi connectivity index (χ3n) is 7.58. The molecule has 7 nitrogen and oxygen atoms in total. The normalized spacial score (nSPS) is 20.0. The summed E-state index contributed by atoms with van der Waals surface area (Å²) in [5.41, 5.74) is 7.77. The Balaban J connectivity index is 0.00000110. The summed E-state index contributed by atoms with van der Waals surface area (Å²) in [6.07, 6.45) is 7.83. The first kappa shape index (κ1) is 43.5. The van der Waals surface area contributed by atoms with Gasteiger partial charge in [-0.05, 0) is 74.0 Å². The van der Waals surface area contributed by atoms with Crippen LogP contribution in [0.25, 0.3) is 0 Å². The van der Waals surface area contributed by atoms with Crippen LogP contribution in [0, 0.1) is 23.2 Å². The first-order valence-corrected chi connectivity index (χ1v) is 16.9. The molecule has 4 N–H and O–H groups in total. The van der Waals surface area contributed by atoms with Crippen molar-refractivity contribution in [1.29, 1.82) is 0 Å². The highest BCUT2D eigenvalue weighted by Gasteiger charge is 2.50. The number of aliphatic hydroxyl groups excluding tert-OH is 1. The summed E-state index contributed by atoms with van der Waals surface area (Å²) in [4.78, 5) is 4.63. The number of rotatable bonds is 10. The predicted molar refractivity (Wildman–Crippen MR) is 186 cm³/mol. The Labute approximate surface area is 277 Å². The molecular formula is C36H64F3N5O2. The molecule has 2 aliphatic carbocycles. The smallest absolute Gasteiger partial charge is 0.390 e. The molecule has 0 amide bonds. The van der Waals surface area contributed by atoms with E-state index in [9.17, 15) is 18.3 Å². The number of nitrogens with zero attached hydrogens (tertiary/aromatic N) is 3. The number of halogens is 3. The summed E-state index contributed by atoms with van der Waals surface area (Å²) in [5.74, 6) is 0.975. The zero-order valence-electron chi connectivity index (χ0n) is 30.6. The summed E-state index contributed by atoms with van der Waals surface area (Å²) in [7, 11) is 0. The van der Waals surface area contributed by atoms with E-state index in [4.69, 9.17) is 10.2 Å². The van der Waals surface area contributed by atoms with E-state index in [0.29, 0.717) is 35.7 Å². The second kappa shape index (κ2) is 20.0. The number of aromatic nitrogens is 2. The van der Waals surface area contributed by atoms with Gasteiger partial charge in [0.05, 0.1) is 12.5 Å². The number of aryl methyl sites for hydroxylation is 1. The van der Waals surface area contributed by atoms with E-state index in [1.54, 1.807) is 13.1 Å². The average Bonchev–Trinajstić information content (AvgIpc) is 3.62. The molecule has 0 radical (unpaired) electrons. The highest BCUT2D eigenvalue weighted by molar-refractivity contribution is 5.56. The van der Waals surface area contributed by atoms with Gasteiger partial charge in [-0.1, -0.05) is 75.3 Å². The van der Waals surface area contributed by atoms with Gasteiger partial charge in [-0.25, -0.2) is 0 Å². The zero-order valence-corrected chi connectivity index (χ0v) is 30.6. The van der Waals surface area contributed by atoms with Gasteiger partial charge in [0.1, 0.15) is 0 Å². The molecule has 0 aromatic carbocycles. The summed E-state index contributed by atoms with van der Waals surface area (Å²) < 4.78 is 43.3. The Hall–Kier alpha value is -2.46. The summed E-state index contributed by atoms with van der Waals surface area (Å²) >= 11 is 0. The molecule has 46 heavy (non-hydrogen) atoms. The van der Waals surface area contributed by atoms with Crippen molar-refractivity contribution in [3.8, 4) is 0 Å². The maximum Gasteiger partial charge on any atom is 0.390 e. The maximum absolute atomic E-state index is 12.6. The van der Waals surface area contributed by atoms with Crippen molar-refractivity contribution in [2.75, 3.05) is 6.54 Å². The lowest BCUT2D eigenvalue weighted by molar-refractivity contribution is -0.133. The molecule has 0 aliphatic heterocycles. The molecule has 1 spiro atoms. The maximum atomic E-state index is 12.6. The molecule has 1 heterocycles. The van der Waals surface area contributed by atoms with Crippen molar-refractivity contribution in [2.45, 2.75) is 152 Å². The van der Waals surface area contributed by atoms with Crippen LogP contribution in [0.2, 0.25) is 0 Å². The van der Waals surface area contributed by atoms with E-state index < -0.39 is 18.0 Å². The molecule has 10 heteroatoms. The van der Waals surface area contributed by atoms with Crippen LogP contribution in [0.15, 0.2) is 45.1 Å². The fraction of sp³-hybridized carbons (Fsp3) is 0.750. The lowest BCUT2D eigenvalue weighted by Crippen LogP contribution is -2.37. The van der Waals surface area contributed by atoms with Crippen LogP contribution in [-0.2, 0) is 6.42 Å². The van der Waals surface area contributed by atoms with E-state index in [2.05, 4.69) is 61.7 Å². The first-order chi connectivity index (χ1) is 21.3. The van der Waals surface area contributed by atoms with Gasteiger partial charge in [0.25, 0.3) is 0 Å². The number of nitrogens with two attached hydrogens (primary N) is 1. The van der Waals surface area contributed by atoms with Crippen molar-refractivity contribution >= 4 is 6.21 Å². The summed E-state index contributed by atoms with van der Waals surface area (Å²) in [6, 6.07) is 0.265. The predicted octanol–water partition coefficient (Wildman–Crippen LogP) is 9.42. The molecular weight excluding hydrogens is 591 g/mol. The van der Waals surface area contributed by atoms with Crippen LogP contribution in [0.1, 0.15) is 132 Å². The molecule has 2 unspecified atom stereocenters. The fourth-order valence-corrected chi connectivity index (χ4v) is 5.14. The SMILES string of the molecule is C=C/C(=C\C(=C(/CC(C)(C)C)N=CC)C(C)(C)Cc1nnc(C)o1)NCCC(F)(F)F.CC.CCC.NC1CCC2(CC2)C(O)C1. The molecule has 2 aliphatic rings. The Bertz CT molecular complexity index is 1110. The minimum Gasteiger partial charge on any atom is -0.426 e. The zero-order chi connectivity index (χ0) is 35.8. The van der Waals surface area contributed by atoms with Gasteiger partial charge in [-0.3, -0.25) is 4.99 Å². The molecule has 1 aromatic heterocycles. The van der Waals surface area contributed by atoms with Crippen LogP contribution in [-0.4, -0.2) is 46.4 Å². The van der Waals surface area contributed by atoms with Crippen LogP contribution >= 0.6 is 0 Å². The number of hydrogen-bond acceptors (Lipinski definition) is 7. The largest absolute Gasteiger partial charge is 0.426 e. The molecule has 0 bridgehead atoms. The van der Waals surface area contributed by atoms with Gasteiger partial charge >= 0.3 is 6.18 Å². The van der Waals surface area contributed by atoms with Crippen molar-refractivity contribution in [3.05, 3.63) is 47.5 Å². The third kappa shape index (κ3) is 16.9. The van der Waals surface area contributed by atoms with Gasteiger partial charge in [0.15, 0.2) is 0 Å². The number of alkyl halides is 3. The molecule has 0 saturated heterocycles. The molecule has 2 fully saturated rings. The molecule has 3 rings (SSSR count). The van der Waals surface area contributed by atoms with Gasteiger partial charge in [-0.2, -0.15) is 13.2 Å². The van der Waals surface area contributed by atoms with E-state index in [1.807, 2.05) is 40.7 Å². The highest BCUT2D eigenvalue weighted by atomic mass is 19.4. The van der Waals surface area contributed by atoms with Gasteiger partial charge in [0, 0.05) is 49.0 Å². The van der Waals surface area contributed by atoms with Crippen LogP contribution < -0.4 is 11.1 Å². The third-order valence-corrected chi connectivity index (χ3v) is 7.58. The topological polar surface area (TPSA) is 110 Å². The Morgan fingerprint density at radius 1 is 1.13 bits per heavy atom. The highest BCUT2D eigenvalue weighted by Crippen LogP contribution is 2.55. The van der Waals surface area contributed by atoms with Crippen molar-refractivity contribution in [2.24, 2.45) is 27.0 Å². The van der Waals surface area contributed by atoms with E-state index in [-0.39, 0.29) is 24.1 Å². The van der Waals surface area contributed by atoms with E-state index >= 15 is 0 Å². The molecule has 266 valence electrons. The van der Waals surface area contributed by atoms with Crippen LogP contribution in [0.3, 0.4) is 0 Å². The van der Waals surface area contributed by atoms with E-state index in [1.165, 1.54) is 25.3 Å². The molecule has 2 saturated carbocycles. The second-order valence-corrected chi connectivity index (χ2v) is 14.0. The van der Waals surface area contributed by atoms with Gasteiger partial charge in [0.2, 0.25) is 11.8 Å². The van der Waals surface area contributed by atoms with Crippen molar-refractivity contribution in [3.63, 3.8) is 0 Å². The van der Waals surface area contributed by atoms with Crippen molar-refractivity contribution in [1.82, 2.24) is 15.5 Å². The monoisotopic (exact) mass is 656 g/mol. The summed E-state index contributed by atoms with van der Waals surface area (Å²) in [6.45, 7) is 25.8. The van der Waals surface area contributed by atoms with Crippen LogP contribution in [0.4, 0.5) is 13.2 Å². The number of allylic oxidation sites excluding steroid dienone is 4. The number of aliphatic imine (C=N–C) groups is 1. The summed E-state index contributed by atoms with van der Waals surface area (Å²) in [5, 5.41) is 20.4. The Morgan fingerprint density at radius 3 is 2.13 bits per heavy atom. The number of aliphatic hydroxyl groups is 1. The number of nitrogens with one attached hydrogen (secondary N) is 1. The second-order valence-electron chi connectivity index (χ2n) is 14.0. The first-order valence-electron chi connectivity index (χ1n) is 16.9. The average molecular weight is 656 g/mol. The number of hydrogen-bond donors (Lipinski definition) is 3. The minimum atomic E-state index is -4.23. The molecule has 1 aromatic rings. The van der Waals surface area contributed by atoms with E-state index in [0.717, 1.165) is 30.5 Å². The lowest BCUT2D eigenvalue weighted by atomic mass is 9.77. The Kier molecular flexibility index (Phi) is 19.0. The van der Waals surface area contributed by atoms with Crippen molar-refractivity contribution < 1.29 is 22.7 Å². The lowest BCUT2D eigenvalue weighted by Gasteiger charge is -2.31.